The van der Waals surface area contributed by atoms with Gasteiger partial charge >= 0.3 is 0 Å². The van der Waals surface area contributed by atoms with Crippen LogP contribution in [0.1, 0.15) is 24.1 Å². The summed E-state index contributed by atoms with van der Waals surface area (Å²) in [5, 5.41) is 1.99. The number of nitrogen functional groups attached to an aromatic ring is 1. The van der Waals surface area contributed by atoms with Crippen LogP contribution in [0.5, 0.6) is 5.75 Å². The van der Waals surface area contributed by atoms with Gasteiger partial charge in [-0.05, 0) is 49.5 Å². The number of carbonyl (C=O) groups is 1. The van der Waals surface area contributed by atoms with Gasteiger partial charge in [-0.15, -0.1) is 11.3 Å². The van der Waals surface area contributed by atoms with Crippen LogP contribution >= 0.6 is 11.3 Å². The molecule has 1 amide bonds. The molecular formula is C20H23N3O2S. The molecule has 3 heterocycles. The second kappa shape index (κ2) is 7.51. The number of anilines is 2. The van der Waals surface area contributed by atoms with Crippen molar-refractivity contribution in [1.82, 2.24) is 4.90 Å². The SMILES string of the molecule is Nc1ccc2c(c1)O/C(=C/c1cccs1)C(=O)N2CCN1CCCCC1. The van der Waals surface area contributed by atoms with E-state index < -0.39 is 0 Å². The summed E-state index contributed by atoms with van der Waals surface area (Å²) in [7, 11) is 0. The van der Waals surface area contributed by atoms with Gasteiger partial charge in [0.2, 0.25) is 0 Å². The smallest absolute Gasteiger partial charge is 0.294 e. The fourth-order valence-corrected chi connectivity index (χ4v) is 4.13. The van der Waals surface area contributed by atoms with Gasteiger partial charge in [0.05, 0.1) is 5.69 Å². The molecule has 1 saturated heterocycles. The van der Waals surface area contributed by atoms with E-state index >= 15 is 0 Å². The summed E-state index contributed by atoms with van der Waals surface area (Å²) in [6.45, 7) is 3.76. The number of nitrogens with zero attached hydrogens (tertiary/aromatic N) is 2. The molecule has 0 saturated carbocycles. The molecule has 0 unspecified atom stereocenters. The molecule has 2 N–H and O–H groups in total. The lowest BCUT2D eigenvalue weighted by Gasteiger charge is -2.33. The summed E-state index contributed by atoms with van der Waals surface area (Å²) in [5.74, 6) is 0.905. The van der Waals surface area contributed by atoms with Crippen molar-refractivity contribution in [2.45, 2.75) is 19.3 Å². The molecular weight excluding hydrogens is 346 g/mol. The topological polar surface area (TPSA) is 58.8 Å². The molecule has 1 aromatic heterocycles. The Bertz CT molecular complexity index is 810. The average molecular weight is 369 g/mol. The zero-order valence-corrected chi connectivity index (χ0v) is 15.5. The number of piperidine rings is 1. The van der Waals surface area contributed by atoms with Gasteiger partial charge in [0.15, 0.2) is 11.5 Å². The van der Waals surface area contributed by atoms with Gasteiger partial charge in [-0.3, -0.25) is 4.79 Å². The van der Waals surface area contributed by atoms with E-state index in [4.69, 9.17) is 10.5 Å². The zero-order chi connectivity index (χ0) is 17.9. The average Bonchev–Trinajstić information content (AvgIpc) is 3.16. The van der Waals surface area contributed by atoms with Crippen molar-refractivity contribution in [2.75, 3.05) is 36.8 Å². The largest absolute Gasteiger partial charge is 0.449 e. The normalized spacial score (nSPS) is 19.5. The van der Waals surface area contributed by atoms with Crippen LogP contribution in [0.25, 0.3) is 6.08 Å². The Morgan fingerprint density at radius 3 is 2.77 bits per heavy atom. The first-order chi connectivity index (χ1) is 12.7. The van der Waals surface area contributed by atoms with E-state index in [2.05, 4.69) is 4.90 Å². The zero-order valence-electron chi connectivity index (χ0n) is 14.7. The first-order valence-corrected chi connectivity index (χ1v) is 9.95. The Labute approximate surface area is 157 Å². The van der Waals surface area contributed by atoms with Crippen LogP contribution < -0.4 is 15.4 Å². The first kappa shape index (κ1) is 17.1. The molecule has 2 aliphatic heterocycles. The fraction of sp³-hybridized carbons (Fsp3) is 0.350. The van der Waals surface area contributed by atoms with Crippen LogP contribution in [0.15, 0.2) is 41.5 Å². The maximum atomic E-state index is 13.1. The van der Waals surface area contributed by atoms with Gasteiger partial charge < -0.3 is 20.3 Å². The number of ether oxygens (including phenoxy) is 1. The first-order valence-electron chi connectivity index (χ1n) is 9.07. The van der Waals surface area contributed by atoms with Crippen molar-refractivity contribution in [1.29, 1.82) is 0 Å². The Hall–Kier alpha value is -2.31. The minimum Gasteiger partial charge on any atom is -0.449 e. The van der Waals surface area contributed by atoms with Crippen LogP contribution in [0.2, 0.25) is 0 Å². The summed E-state index contributed by atoms with van der Waals surface area (Å²) in [4.78, 5) is 18.3. The summed E-state index contributed by atoms with van der Waals surface area (Å²) in [6, 6.07) is 9.42. The number of thiophene rings is 1. The second-order valence-electron chi connectivity index (χ2n) is 6.71. The van der Waals surface area contributed by atoms with E-state index in [1.807, 2.05) is 40.6 Å². The number of likely N-dealkylation sites (tertiary alicyclic amines) is 1. The molecule has 4 rings (SSSR count). The summed E-state index contributed by atoms with van der Waals surface area (Å²) >= 11 is 1.58. The molecule has 26 heavy (non-hydrogen) atoms. The number of hydrogen-bond donors (Lipinski definition) is 1. The van der Waals surface area contributed by atoms with Gasteiger partial charge in [-0.25, -0.2) is 0 Å². The maximum absolute atomic E-state index is 13.1. The third kappa shape index (κ3) is 3.61. The molecule has 1 fully saturated rings. The predicted molar refractivity (Wildman–Crippen MR) is 106 cm³/mol. The molecule has 136 valence electrons. The van der Waals surface area contributed by atoms with Crippen molar-refractivity contribution in [3.05, 3.63) is 46.3 Å². The van der Waals surface area contributed by atoms with E-state index in [9.17, 15) is 4.79 Å². The number of rotatable bonds is 4. The number of nitrogens with two attached hydrogens (primary N) is 1. The Morgan fingerprint density at radius 1 is 1.15 bits per heavy atom. The Morgan fingerprint density at radius 2 is 2.00 bits per heavy atom. The minimum absolute atomic E-state index is 0.0901. The maximum Gasteiger partial charge on any atom is 0.294 e. The van der Waals surface area contributed by atoms with Gasteiger partial charge in [0.1, 0.15) is 0 Å². The Kier molecular flexibility index (Phi) is 4.95. The highest BCUT2D eigenvalue weighted by Gasteiger charge is 2.30. The van der Waals surface area contributed by atoms with Crippen molar-refractivity contribution in [3.8, 4) is 5.75 Å². The number of amides is 1. The lowest BCUT2D eigenvalue weighted by molar-refractivity contribution is -0.117. The Balaban J connectivity index is 1.60. The second-order valence-corrected chi connectivity index (χ2v) is 7.69. The molecule has 0 aliphatic carbocycles. The molecule has 0 spiro atoms. The minimum atomic E-state index is -0.0901. The summed E-state index contributed by atoms with van der Waals surface area (Å²) < 4.78 is 5.90. The predicted octanol–water partition coefficient (Wildman–Crippen LogP) is 3.58. The molecule has 6 heteroatoms. The van der Waals surface area contributed by atoms with Gasteiger partial charge in [0, 0.05) is 35.8 Å². The number of fused-ring (bicyclic) bond motifs is 1. The summed E-state index contributed by atoms with van der Waals surface area (Å²) in [6.07, 6.45) is 5.61. The van der Waals surface area contributed by atoms with Crippen LogP contribution in [-0.2, 0) is 4.79 Å². The van der Waals surface area contributed by atoms with Gasteiger partial charge in [0.25, 0.3) is 5.91 Å². The number of carbonyl (C=O) groups excluding carboxylic acids is 1. The van der Waals surface area contributed by atoms with Gasteiger partial charge in [-0.2, -0.15) is 0 Å². The third-order valence-electron chi connectivity index (χ3n) is 4.86. The number of benzene rings is 1. The highest BCUT2D eigenvalue weighted by molar-refractivity contribution is 7.10. The van der Waals surface area contributed by atoms with Crippen LogP contribution in [0.4, 0.5) is 11.4 Å². The van der Waals surface area contributed by atoms with Crippen molar-refractivity contribution in [2.24, 2.45) is 0 Å². The molecule has 0 bridgehead atoms. The molecule has 1 aromatic carbocycles. The highest BCUT2D eigenvalue weighted by Crippen LogP contribution is 2.37. The highest BCUT2D eigenvalue weighted by atomic mass is 32.1. The lowest BCUT2D eigenvalue weighted by atomic mass is 10.1. The molecule has 0 radical (unpaired) electrons. The van der Waals surface area contributed by atoms with Crippen molar-refractivity contribution >= 4 is 34.7 Å². The standard InChI is InChI=1S/C20H23N3O2S/c21-15-6-7-17-18(13-15)25-19(14-16-5-4-12-26-16)20(24)23(17)11-10-22-8-2-1-3-9-22/h4-7,12-14H,1-3,8-11,21H2/b19-14+. The van der Waals surface area contributed by atoms with Crippen LogP contribution in [-0.4, -0.2) is 37.0 Å². The fourth-order valence-electron chi connectivity index (χ4n) is 3.48. The van der Waals surface area contributed by atoms with Gasteiger partial charge in [-0.1, -0.05) is 12.5 Å². The monoisotopic (exact) mass is 369 g/mol. The quantitative estimate of drug-likeness (QED) is 0.661. The summed E-state index contributed by atoms with van der Waals surface area (Å²) in [5.41, 5.74) is 7.35. The van der Waals surface area contributed by atoms with Crippen molar-refractivity contribution in [3.63, 3.8) is 0 Å². The molecule has 2 aromatic rings. The van der Waals surface area contributed by atoms with E-state index in [1.54, 1.807) is 17.4 Å². The molecule has 5 nitrogen and oxygen atoms in total. The molecule has 0 atom stereocenters. The van der Waals surface area contributed by atoms with E-state index in [-0.39, 0.29) is 5.91 Å². The van der Waals surface area contributed by atoms with E-state index in [1.165, 1.54) is 19.3 Å². The third-order valence-corrected chi connectivity index (χ3v) is 5.67. The van der Waals surface area contributed by atoms with E-state index in [0.29, 0.717) is 23.7 Å². The molecule has 2 aliphatic rings. The lowest BCUT2D eigenvalue weighted by Crippen LogP contribution is -2.43. The van der Waals surface area contributed by atoms with Crippen molar-refractivity contribution < 1.29 is 9.53 Å². The van der Waals surface area contributed by atoms with Crippen LogP contribution in [0, 0.1) is 0 Å². The van der Waals surface area contributed by atoms with E-state index in [0.717, 1.165) is 30.2 Å². The number of hydrogen-bond acceptors (Lipinski definition) is 5. The van der Waals surface area contributed by atoms with Crippen LogP contribution in [0.3, 0.4) is 0 Å².